The molecule has 1 aromatic rings. The van der Waals surface area contributed by atoms with E-state index in [1.54, 1.807) is 0 Å². The minimum atomic E-state index is -0.0387. The molecule has 1 aromatic carbocycles. The van der Waals surface area contributed by atoms with Crippen LogP contribution in [0.1, 0.15) is 63.4 Å². The van der Waals surface area contributed by atoms with Crippen molar-refractivity contribution in [3.05, 3.63) is 34.9 Å². The van der Waals surface area contributed by atoms with Crippen LogP contribution in [0.15, 0.2) is 24.3 Å². The number of rotatable bonds is 4. The molecule has 5 nitrogen and oxygen atoms in total. The summed E-state index contributed by atoms with van der Waals surface area (Å²) in [5.41, 5.74) is 7.41. The lowest BCUT2D eigenvalue weighted by Gasteiger charge is -2.46. The van der Waals surface area contributed by atoms with Crippen LogP contribution in [-0.2, 0) is 15.0 Å². The van der Waals surface area contributed by atoms with Gasteiger partial charge in [0.15, 0.2) is 0 Å². The second-order valence-electron chi connectivity index (χ2n) is 9.00. The first-order valence-electron chi connectivity index (χ1n) is 11.1. The maximum absolute atomic E-state index is 12.9. The second kappa shape index (κ2) is 8.65. The predicted molar refractivity (Wildman–Crippen MR) is 115 cm³/mol. The average molecular weight is 418 g/mol. The van der Waals surface area contributed by atoms with Gasteiger partial charge in [0.1, 0.15) is 0 Å². The third-order valence-electron chi connectivity index (χ3n) is 7.42. The Bertz CT molecular complexity index is 760. The Hall–Kier alpha value is -1.59. The molecule has 3 aliphatic rings. The molecule has 158 valence electrons. The number of carbonyl (C=O) groups is 2. The van der Waals surface area contributed by atoms with Crippen LogP contribution >= 0.6 is 11.6 Å². The molecule has 0 aromatic heterocycles. The molecular formula is C23H32ClN3O2. The number of benzene rings is 1. The summed E-state index contributed by atoms with van der Waals surface area (Å²) in [5, 5.41) is 0.752. The van der Waals surface area contributed by atoms with Crippen molar-refractivity contribution in [3.8, 4) is 0 Å². The van der Waals surface area contributed by atoms with Crippen LogP contribution in [-0.4, -0.2) is 53.3 Å². The number of carbonyl (C=O) groups excluding carboxylic acids is 2. The number of likely N-dealkylation sites (tertiary alicyclic amines) is 2. The summed E-state index contributed by atoms with van der Waals surface area (Å²) >= 11 is 6.22. The molecule has 6 heteroatoms. The van der Waals surface area contributed by atoms with Gasteiger partial charge >= 0.3 is 0 Å². The zero-order valence-electron chi connectivity index (χ0n) is 17.1. The highest BCUT2D eigenvalue weighted by atomic mass is 35.5. The smallest absolute Gasteiger partial charge is 0.224 e. The van der Waals surface area contributed by atoms with Crippen molar-refractivity contribution in [1.82, 2.24) is 9.80 Å². The van der Waals surface area contributed by atoms with E-state index in [1.165, 1.54) is 5.56 Å². The topological polar surface area (TPSA) is 66.6 Å². The zero-order valence-corrected chi connectivity index (χ0v) is 17.9. The van der Waals surface area contributed by atoms with Crippen LogP contribution in [0.3, 0.4) is 0 Å². The van der Waals surface area contributed by atoms with E-state index < -0.39 is 0 Å². The molecule has 2 saturated heterocycles. The van der Waals surface area contributed by atoms with Gasteiger partial charge in [-0.25, -0.2) is 0 Å². The lowest BCUT2D eigenvalue weighted by Crippen LogP contribution is -2.55. The number of amides is 2. The van der Waals surface area contributed by atoms with E-state index in [0.29, 0.717) is 25.4 Å². The summed E-state index contributed by atoms with van der Waals surface area (Å²) in [6.45, 7) is 2.19. The van der Waals surface area contributed by atoms with E-state index in [1.807, 2.05) is 23.1 Å². The third kappa shape index (κ3) is 4.17. The summed E-state index contributed by atoms with van der Waals surface area (Å²) < 4.78 is 0. The molecule has 0 bridgehead atoms. The molecule has 3 fully saturated rings. The van der Waals surface area contributed by atoms with Crippen LogP contribution in [0, 0.1) is 0 Å². The molecule has 29 heavy (non-hydrogen) atoms. The molecule has 1 saturated carbocycles. The van der Waals surface area contributed by atoms with E-state index in [4.69, 9.17) is 17.3 Å². The van der Waals surface area contributed by atoms with Gasteiger partial charge in [-0.05, 0) is 62.6 Å². The summed E-state index contributed by atoms with van der Waals surface area (Å²) in [7, 11) is 0. The SMILES string of the molecule is NCC1(c2cccc(Cl)c2)CCC(N2CCC(N3CCCCC3=O)CC2=O)CC1. The Morgan fingerprint density at radius 3 is 2.41 bits per heavy atom. The normalized spacial score (nSPS) is 31.2. The van der Waals surface area contributed by atoms with E-state index >= 15 is 0 Å². The fraction of sp³-hybridized carbons (Fsp3) is 0.652. The van der Waals surface area contributed by atoms with Gasteiger partial charge in [0.05, 0.1) is 0 Å². The Labute approximate surface area is 178 Å². The van der Waals surface area contributed by atoms with Gasteiger partial charge in [-0.3, -0.25) is 9.59 Å². The molecule has 4 rings (SSSR count). The summed E-state index contributed by atoms with van der Waals surface area (Å²) in [5.74, 6) is 0.446. The molecular weight excluding hydrogens is 386 g/mol. The van der Waals surface area contributed by atoms with Crippen molar-refractivity contribution in [2.24, 2.45) is 5.73 Å². The number of nitrogens with zero attached hydrogens (tertiary/aromatic N) is 2. The van der Waals surface area contributed by atoms with Gasteiger partial charge in [-0.1, -0.05) is 23.7 Å². The van der Waals surface area contributed by atoms with E-state index in [2.05, 4.69) is 11.0 Å². The first kappa shape index (κ1) is 20.7. The Morgan fingerprint density at radius 1 is 1.00 bits per heavy atom. The summed E-state index contributed by atoms with van der Waals surface area (Å²) in [4.78, 5) is 29.2. The highest BCUT2D eigenvalue weighted by molar-refractivity contribution is 6.30. The summed E-state index contributed by atoms with van der Waals surface area (Å²) in [6.07, 6.45) is 7.99. The molecule has 1 aliphatic carbocycles. The number of hydrogen-bond acceptors (Lipinski definition) is 3. The molecule has 0 spiro atoms. The molecule has 0 radical (unpaired) electrons. The van der Waals surface area contributed by atoms with Gasteiger partial charge < -0.3 is 15.5 Å². The first-order chi connectivity index (χ1) is 14.0. The van der Waals surface area contributed by atoms with Gasteiger partial charge in [0, 0.05) is 55.0 Å². The van der Waals surface area contributed by atoms with Crippen molar-refractivity contribution < 1.29 is 9.59 Å². The highest BCUT2D eigenvalue weighted by Gasteiger charge is 2.41. The molecule has 2 N–H and O–H groups in total. The average Bonchev–Trinajstić information content (AvgIpc) is 2.74. The summed E-state index contributed by atoms with van der Waals surface area (Å²) in [6, 6.07) is 8.46. The minimum Gasteiger partial charge on any atom is -0.340 e. The van der Waals surface area contributed by atoms with Crippen molar-refractivity contribution in [2.45, 2.75) is 75.3 Å². The van der Waals surface area contributed by atoms with Crippen molar-refractivity contribution >= 4 is 23.4 Å². The van der Waals surface area contributed by atoms with Crippen molar-refractivity contribution in [2.75, 3.05) is 19.6 Å². The predicted octanol–water partition coefficient (Wildman–Crippen LogP) is 3.48. The Morgan fingerprint density at radius 2 is 1.76 bits per heavy atom. The number of halogens is 1. The van der Waals surface area contributed by atoms with Crippen molar-refractivity contribution in [1.29, 1.82) is 0 Å². The van der Waals surface area contributed by atoms with Gasteiger partial charge in [0.25, 0.3) is 0 Å². The fourth-order valence-corrected chi connectivity index (χ4v) is 5.78. The monoisotopic (exact) mass is 417 g/mol. The number of nitrogens with two attached hydrogens (primary N) is 1. The quantitative estimate of drug-likeness (QED) is 0.815. The molecule has 2 aliphatic heterocycles. The molecule has 1 atom stereocenters. The van der Waals surface area contributed by atoms with E-state index in [0.717, 1.165) is 63.1 Å². The van der Waals surface area contributed by atoms with Gasteiger partial charge in [0.2, 0.25) is 11.8 Å². The molecule has 2 amide bonds. The largest absolute Gasteiger partial charge is 0.340 e. The van der Waals surface area contributed by atoms with Crippen LogP contribution < -0.4 is 5.73 Å². The van der Waals surface area contributed by atoms with E-state index in [-0.39, 0.29) is 23.3 Å². The fourth-order valence-electron chi connectivity index (χ4n) is 5.59. The Balaban J connectivity index is 1.37. The van der Waals surface area contributed by atoms with Crippen molar-refractivity contribution in [3.63, 3.8) is 0 Å². The Kier molecular flexibility index (Phi) is 6.16. The van der Waals surface area contributed by atoms with Crippen LogP contribution in [0.4, 0.5) is 0 Å². The maximum atomic E-state index is 12.9. The van der Waals surface area contributed by atoms with Crippen LogP contribution in [0.25, 0.3) is 0 Å². The van der Waals surface area contributed by atoms with Crippen LogP contribution in [0.2, 0.25) is 5.02 Å². The highest BCUT2D eigenvalue weighted by Crippen LogP contribution is 2.41. The third-order valence-corrected chi connectivity index (χ3v) is 7.65. The lowest BCUT2D eigenvalue weighted by atomic mass is 9.68. The zero-order chi connectivity index (χ0) is 20.4. The van der Waals surface area contributed by atoms with E-state index in [9.17, 15) is 9.59 Å². The number of hydrogen-bond donors (Lipinski definition) is 1. The van der Waals surface area contributed by atoms with Gasteiger partial charge in [-0.15, -0.1) is 0 Å². The molecule has 1 unspecified atom stereocenters. The number of piperidine rings is 2. The maximum Gasteiger partial charge on any atom is 0.224 e. The van der Waals surface area contributed by atoms with Gasteiger partial charge in [-0.2, -0.15) is 0 Å². The second-order valence-corrected chi connectivity index (χ2v) is 9.44. The minimum absolute atomic E-state index is 0.0387. The molecule has 2 heterocycles. The van der Waals surface area contributed by atoms with Crippen LogP contribution in [0.5, 0.6) is 0 Å². The first-order valence-corrected chi connectivity index (χ1v) is 11.5. The standard InChI is InChI=1S/C23H32ClN3O2/c24-18-5-3-4-17(14-18)23(16-25)10-7-19(8-11-23)27-13-9-20(15-22(27)29)26-12-2-1-6-21(26)28/h3-5,14,19-20H,1-2,6-13,15-16,25H2. The lowest BCUT2D eigenvalue weighted by molar-refractivity contribution is -0.144.